The summed E-state index contributed by atoms with van der Waals surface area (Å²) >= 11 is 0. The molecule has 2 N–H and O–H groups in total. The lowest BCUT2D eigenvalue weighted by Crippen LogP contribution is -2.13. The summed E-state index contributed by atoms with van der Waals surface area (Å²) in [5.74, 6) is 0.489. The molecule has 0 radical (unpaired) electrons. The monoisotopic (exact) mass is 263 g/mol. The zero-order valence-corrected chi connectivity index (χ0v) is 12.2. The Hall–Kier alpha value is -1.51. The first-order valence-corrected chi connectivity index (χ1v) is 7.04. The number of hydrogen-bond acceptors (Lipinski definition) is 3. The second-order valence-corrected chi connectivity index (χ2v) is 5.35. The van der Waals surface area contributed by atoms with Crippen molar-refractivity contribution in [1.29, 1.82) is 0 Å². The van der Waals surface area contributed by atoms with E-state index < -0.39 is 0 Å². The van der Waals surface area contributed by atoms with Crippen molar-refractivity contribution in [3.63, 3.8) is 0 Å². The van der Waals surface area contributed by atoms with Gasteiger partial charge in [-0.15, -0.1) is 0 Å². The van der Waals surface area contributed by atoms with Crippen molar-refractivity contribution in [3.05, 3.63) is 29.8 Å². The topological polar surface area (TPSA) is 52.3 Å². The lowest BCUT2D eigenvalue weighted by molar-refractivity contribution is -0.145. The molecule has 0 heterocycles. The van der Waals surface area contributed by atoms with Crippen LogP contribution in [0.1, 0.15) is 51.5 Å². The average Bonchev–Trinajstić information content (AvgIpc) is 2.37. The third kappa shape index (κ3) is 5.77. The fourth-order valence-corrected chi connectivity index (χ4v) is 2.06. The van der Waals surface area contributed by atoms with Crippen LogP contribution in [0.15, 0.2) is 24.3 Å². The molecule has 3 heteroatoms. The highest BCUT2D eigenvalue weighted by atomic mass is 16.5. The molecule has 1 aromatic carbocycles. The Bertz CT molecular complexity index is 386. The molecule has 1 rings (SSSR count). The molecule has 0 aliphatic carbocycles. The van der Waals surface area contributed by atoms with E-state index in [-0.39, 0.29) is 11.9 Å². The van der Waals surface area contributed by atoms with Gasteiger partial charge in [0.15, 0.2) is 0 Å². The van der Waals surface area contributed by atoms with Crippen molar-refractivity contribution in [2.75, 3.05) is 12.3 Å². The smallest absolute Gasteiger partial charge is 0.306 e. The van der Waals surface area contributed by atoms with E-state index in [1.165, 1.54) is 0 Å². The van der Waals surface area contributed by atoms with Crippen molar-refractivity contribution < 1.29 is 9.53 Å². The summed E-state index contributed by atoms with van der Waals surface area (Å²) < 4.78 is 5.31. The maximum absolute atomic E-state index is 11.8. The zero-order valence-electron chi connectivity index (χ0n) is 12.2. The Morgan fingerprint density at radius 3 is 2.47 bits per heavy atom. The molecule has 3 nitrogen and oxygen atoms in total. The first kappa shape index (κ1) is 15.5. The van der Waals surface area contributed by atoms with Crippen LogP contribution in [-0.4, -0.2) is 12.6 Å². The van der Waals surface area contributed by atoms with Crippen molar-refractivity contribution in [1.82, 2.24) is 0 Å². The van der Waals surface area contributed by atoms with Crippen molar-refractivity contribution in [2.45, 2.75) is 46.0 Å². The van der Waals surface area contributed by atoms with Crippen LogP contribution in [0.3, 0.4) is 0 Å². The number of hydrogen-bond donors (Lipinski definition) is 1. The molecule has 0 saturated heterocycles. The molecule has 0 fully saturated rings. The summed E-state index contributed by atoms with van der Waals surface area (Å²) in [5, 5.41) is 0. The van der Waals surface area contributed by atoms with Gasteiger partial charge in [0.25, 0.3) is 0 Å². The van der Waals surface area contributed by atoms with Gasteiger partial charge in [0.2, 0.25) is 0 Å². The molecule has 2 unspecified atom stereocenters. The van der Waals surface area contributed by atoms with Gasteiger partial charge in [0.05, 0.1) is 13.0 Å². The number of carbonyl (C=O) groups excluding carboxylic acids is 1. The number of nitrogens with two attached hydrogens (primary N) is 1. The highest BCUT2D eigenvalue weighted by Gasteiger charge is 2.13. The van der Waals surface area contributed by atoms with Crippen molar-refractivity contribution in [2.24, 2.45) is 5.92 Å². The van der Waals surface area contributed by atoms with Crippen LogP contribution in [0.2, 0.25) is 0 Å². The maximum Gasteiger partial charge on any atom is 0.306 e. The van der Waals surface area contributed by atoms with Crippen LogP contribution >= 0.6 is 0 Å². The SMILES string of the molecule is CCCC(C)COC(=O)CC(C)c1ccc(N)cc1. The Labute approximate surface area is 116 Å². The van der Waals surface area contributed by atoms with Gasteiger partial charge >= 0.3 is 5.97 Å². The lowest BCUT2D eigenvalue weighted by atomic mass is 9.98. The molecule has 0 aliphatic rings. The molecule has 0 aliphatic heterocycles. The van der Waals surface area contributed by atoms with Gasteiger partial charge in [-0.1, -0.05) is 39.3 Å². The number of carbonyl (C=O) groups is 1. The molecule has 0 saturated carbocycles. The predicted octanol–water partition coefficient (Wildman–Crippen LogP) is 3.74. The maximum atomic E-state index is 11.8. The number of anilines is 1. The molecule has 1 aromatic rings. The van der Waals surface area contributed by atoms with E-state index >= 15 is 0 Å². The molecular formula is C16H25NO2. The van der Waals surface area contributed by atoms with Crippen molar-refractivity contribution in [3.8, 4) is 0 Å². The van der Waals surface area contributed by atoms with E-state index in [0.717, 1.165) is 24.1 Å². The fourth-order valence-electron chi connectivity index (χ4n) is 2.06. The van der Waals surface area contributed by atoms with E-state index in [4.69, 9.17) is 10.5 Å². The molecule has 0 amide bonds. The fraction of sp³-hybridized carbons (Fsp3) is 0.562. The van der Waals surface area contributed by atoms with Crippen LogP contribution in [0.25, 0.3) is 0 Å². The van der Waals surface area contributed by atoms with Gasteiger partial charge in [-0.05, 0) is 36.0 Å². The molecule has 106 valence electrons. The summed E-state index contributed by atoms with van der Waals surface area (Å²) in [4.78, 5) is 11.8. The standard InChI is InChI=1S/C16H25NO2/c1-4-5-12(2)11-19-16(18)10-13(3)14-6-8-15(17)9-7-14/h6-9,12-13H,4-5,10-11,17H2,1-3H3. The first-order chi connectivity index (χ1) is 9.02. The Morgan fingerprint density at radius 2 is 1.89 bits per heavy atom. The number of esters is 1. The summed E-state index contributed by atoms with van der Waals surface area (Å²) in [7, 11) is 0. The van der Waals surface area contributed by atoms with E-state index in [2.05, 4.69) is 13.8 Å². The quantitative estimate of drug-likeness (QED) is 0.602. The molecule has 0 aromatic heterocycles. The van der Waals surface area contributed by atoms with Crippen LogP contribution in [0.5, 0.6) is 0 Å². The van der Waals surface area contributed by atoms with E-state index in [1.807, 2.05) is 31.2 Å². The minimum atomic E-state index is -0.118. The third-order valence-corrected chi connectivity index (χ3v) is 3.29. The number of nitrogen functional groups attached to an aromatic ring is 1. The van der Waals surface area contributed by atoms with Crippen LogP contribution in [0.4, 0.5) is 5.69 Å². The summed E-state index contributed by atoms with van der Waals surface area (Å²) in [6.45, 7) is 6.81. The lowest BCUT2D eigenvalue weighted by Gasteiger charge is -2.14. The van der Waals surface area contributed by atoms with E-state index in [9.17, 15) is 4.79 Å². The summed E-state index contributed by atoms with van der Waals surface area (Å²) in [6.07, 6.45) is 2.64. The Balaban J connectivity index is 2.37. The predicted molar refractivity (Wildman–Crippen MR) is 78.9 cm³/mol. The van der Waals surface area contributed by atoms with E-state index in [0.29, 0.717) is 18.9 Å². The summed E-state index contributed by atoms with van der Waals surface area (Å²) in [6, 6.07) is 7.65. The average molecular weight is 263 g/mol. The number of benzene rings is 1. The first-order valence-electron chi connectivity index (χ1n) is 7.04. The van der Waals surface area contributed by atoms with Gasteiger partial charge in [-0.25, -0.2) is 0 Å². The number of rotatable bonds is 7. The van der Waals surface area contributed by atoms with E-state index in [1.54, 1.807) is 0 Å². The van der Waals surface area contributed by atoms with Gasteiger partial charge < -0.3 is 10.5 Å². The molecule has 19 heavy (non-hydrogen) atoms. The molecular weight excluding hydrogens is 238 g/mol. The van der Waals surface area contributed by atoms with Crippen LogP contribution < -0.4 is 5.73 Å². The summed E-state index contributed by atoms with van der Waals surface area (Å²) in [5.41, 5.74) is 7.51. The van der Waals surface area contributed by atoms with Gasteiger partial charge in [0.1, 0.15) is 0 Å². The van der Waals surface area contributed by atoms with Crippen LogP contribution in [0, 0.1) is 5.92 Å². The normalized spacial score (nSPS) is 13.8. The largest absolute Gasteiger partial charge is 0.465 e. The Morgan fingerprint density at radius 1 is 1.26 bits per heavy atom. The molecule has 2 atom stereocenters. The van der Waals surface area contributed by atoms with Gasteiger partial charge in [-0.3, -0.25) is 4.79 Å². The third-order valence-electron chi connectivity index (χ3n) is 3.29. The minimum absolute atomic E-state index is 0.118. The minimum Gasteiger partial charge on any atom is -0.465 e. The van der Waals surface area contributed by atoms with Gasteiger partial charge in [0, 0.05) is 5.69 Å². The number of ether oxygens (including phenoxy) is 1. The van der Waals surface area contributed by atoms with Crippen LogP contribution in [-0.2, 0) is 9.53 Å². The van der Waals surface area contributed by atoms with Crippen molar-refractivity contribution >= 4 is 11.7 Å². The zero-order chi connectivity index (χ0) is 14.3. The second kappa shape index (κ2) is 7.82. The van der Waals surface area contributed by atoms with Gasteiger partial charge in [-0.2, -0.15) is 0 Å². The Kier molecular flexibility index (Phi) is 6.40. The molecule has 0 spiro atoms. The highest BCUT2D eigenvalue weighted by Crippen LogP contribution is 2.20. The second-order valence-electron chi connectivity index (χ2n) is 5.35. The molecule has 0 bridgehead atoms. The highest BCUT2D eigenvalue weighted by molar-refractivity contribution is 5.70.